The van der Waals surface area contributed by atoms with Gasteiger partial charge in [-0.2, -0.15) is 0 Å². The third-order valence-electron chi connectivity index (χ3n) is 12.3. The molecule has 12 heteroatoms. The van der Waals surface area contributed by atoms with Gasteiger partial charge in [0.05, 0.1) is 42.8 Å². The number of hydrogen-bond donors (Lipinski definition) is 1. The number of likely N-dealkylation sites (tertiary alicyclic amines) is 1. The number of fused-ring (bicyclic) bond motifs is 1. The number of rotatable bonds is 7. The monoisotopic (exact) mass is 763 g/mol. The van der Waals surface area contributed by atoms with Crippen LogP contribution in [-0.4, -0.2) is 84.6 Å². The largest absolute Gasteiger partial charge is 0.444 e. The molecule has 4 fully saturated rings. The van der Waals surface area contributed by atoms with Crippen LogP contribution in [0.1, 0.15) is 116 Å². The van der Waals surface area contributed by atoms with Crippen LogP contribution in [0.4, 0.5) is 4.79 Å². The summed E-state index contributed by atoms with van der Waals surface area (Å²) < 4.78 is 14.8. The first-order chi connectivity index (χ1) is 25.8. The zero-order valence-electron chi connectivity index (χ0n) is 32.5. The molecule has 2 aromatic heterocycles. The van der Waals surface area contributed by atoms with Crippen molar-refractivity contribution < 1.29 is 24.2 Å². The maximum absolute atomic E-state index is 14.2. The summed E-state index contributed by atoms with van der Waals surface area (Å²) in [4.78, 5) is 49.5. The van der Waals surface area contributed by atoms with E-state index >= 15 is 0 Å². The number of carbonyl (C=O) groups excluding carboxylic acids is 2. The van der Waals surface area contributed by atoms with E-state index in [0.717, 1.165) is 31.2 Å². The molecule has 1 N–H and O–H groups in total. The van der Waals surface area contributed by atoms with Gasteiger partial charge in [-0.3, -0.25) is 23.6 Å². The maximum atomic E-state index is 14.2. The molecule has 294 valence electrons. The zero-order chi connectivity index (χ0) is 38.2. The second-order valence-electron chi connectivity index (χ2n) is 17.5. The van der Waals surface area contributed by atoms with Gasteiger partial charge in [0.25, 0.3) is 5.56 Å². The van der Waals surface area contributed by atoms with Crippen molar-refractivity contribution >= 4 is 34.6 Å². The molecule has 54 heavy (non-hydrogen) atoms. The van der Waals surface area contributed by atoms with Gasteiger partial charge in [0.2, 0.25) is 5.91 Å². The molecule has 2 saturated heterocycles. The minimum atomic E-state index is -1.13. The van der Waals surface area contributed by atoms with Crippen molar-refractivity contribution in [1.82, 2.24) is 23.9 Å². The normalized spacial score (nSPS) is 23.2. The summed E-state index contributed by atoms with van der Waals surface area (Å²) in [5.74, 6) is 1.36. The van der Waals surface area contributed by atoms with E-state index in [4.69, 9.17) is 21.1 Å². The van der Waals surface area contributed by atoms with Gasteiger partial charge in [-0.1, -0.05) is 62.3 Å². The van der Waals surface area contributed by atoms with E-state index in [1.54, 1.807) is 15.5 Å². The Morgan fingerprint density at radius 2 is 1.61 bits per heavy atom. The van der Waals surface area contributed by atoms with Crippen molar-refractivity contribution in [3.63, 3.8) is 0 Å². The van der Waals surface area contributed by atoms with E-state index in [1.165, 1.54) is 49.4 Å². The summed E-state index contributed by atoms with van der Waals surface area (Å²) in [5, 5.41) is 12.4. The van der Waals surface area contributed by atoms with E-state index in [0.29, 0.717) is 78.7 Å². The molecule has 2 aliphatic heterocycles. The Bertz CT molecular complexity index is 1830. The summed E-state index contributed by atoms with van der Waals surface area (Å²) >= 11 is 6.76. The highest BCUT2D eigenvalue weighted by Gasteiger charge is 2.42. The number of carbonyl (C=O) groups is 2. The predicted octanol–water partition coefficient (Wildman–Crippen LogP) is 7.67. The van der Waals surface area contributed by atoms with E-state index in [1.807, 2.05) is 56.9 Å². The van der Waals surface area contributed by atoms with Gasteiger partial charge in [0.1, 0.15) is 17.1 Å². The first-order valence-corrected chi connectivity index (χ1v) is 20.7. The Balaban J connectivity index is 1.04. The molecule has 0 bridgehead atoms. The van der Waals surface area contributed by atoms with Crippen molar-refractivity contribution in [3.05, 3.63) is 57.7 Å². The fourth-order valence-electron chi connectivity index (χ4n) is 9.49. The smallest absolute Gasteiger partial charge is 0.410 e. The highest BCUT2D eigenvalue weighted by molar-refractivity contribution is 6.31. The van der Waals surface area contributed by atoms with Crippen molar-refractivity contribution in [3.8, 4) is 5.69 Å². The van der Waals surface area contributed by atoms with Crippen LogP contribution in [-0.2, 0) is 20.8 Å². The fraction of sp³-hybridized carbons (Fsp3) is 0.667. The number of morpholine rings is 1. The van der Waals surface area contributed by atoms with Gasteiger partial charge in [-0.15, -0.1) is 0 Å². The molecule has 2 atom stereocenters. The van der Waals surface area contributed by atoms with Gasteiger partial charge in [0.15, 0.2) is 5.65 Å². The zero-order valence-corrected chi connectivity index (χ0v) is 33.2. The molecule has 0 spiro atoms. The van der Waals surface area contributed by atoms with E-state index in [-0.39, 0.29) is 36.3 Å². The molecule has 3 aromatic rings. The van der Waals surface area contributed by atoms with Crippen LogP contribution in [0.2, 0.25) is 5.15 Å². The summed E-state index contributed by atoms with van der Waals surface area (Å²) in [6, 6.07) is 8.95. The molecular formula is C42H58ClN5O6. The lowest BCUT2D eigenvalue weighted by atomic mass is 9.69. The Hall–Kier alpha value is -3.41. The fourth-order valence-corrected chi connectivity index (χ4v) is 9.78. The minimum Gasteiger partial charge on any atom is -0.444 e. The first-order valence-electron chi connectivity index (χ1n) is 20.3. The quantitative estimate of drug-likeness (QED) is 0.263. The Labute approximate surface area is 323 Å². The van der Waals surface area contributed by atoms with Gasteiger partial charge in [0, 0.05) is 24.7 Å². The van der Waals surface area contributed by atoms with Crippen molar-refractivity contribution in [1.29, 1.82) is 0 Å². The van der Waals surface area contributed by atoms with Crippen LogP contribution in [0.15, 0.2) is 41.5 Å². The number of ether oxygens (including phenoxy) is 2. The lowest BCUT2D eigenvalue weighted by Gasteiger charge is -2.43. The lowest BCUT2D eigenvalue weighted by Crippen LogP contribution is -2.52. The SMILES string of the molecule is C[C@H]1CN(C(=O)OC(C)(C)C)[C@H](c2ccc(-n3c(Cl)cc4c(=O)n(CC5(O)CCN(C(=O)C(C6CCCCC6)C6CCCCC6)CC5)cnc43)cc2)CO1. The molecule has 7 rings (SSSR count). The molecule has 4 heterocycles. The van der Waals surface area contributed by atoms with E-state index < -0.39 is 11.2 Å². The number of amides is 2. The molecule has 11 nitrogen and oxygen atoms in total. The van der Waals surface area contributed by atoms with Crippen molar-refractivity contribution in [2.45, 2.75) is 135 Å². The molecule has 0 radical (unpaired) electrons. The molecule has 4 aliphatic rings. The predicted molar refractivity (Wildman–Crippen MR) is 209 cm³/mol. The number of hydrogen-bond acceptors (Lipinski definition) is 7. The van der Waals surface area contributed by atoms with Gasteiger partial charge >= 0.3 is 6.09 Å². The third-order valence-corrected chi connectivity index (χ3v) is 12.6. The Kier molecular flexibility index (Phi) is 11.5. The number of aliphatic hydroxyl groups is 1. The van der Waals surface area contributed by atoms with Crippen LogP contribution in [0.5, 0.6) is 0 Å². The van der Waals surface area contributed by atoms with Crippen LogP contribution in [0.3, 0.4) is 0 Å². The van der Waals surface area contributed by atoms with Crippen LogP contribution >= 0.6 is 11.6 Å². The highest BCUT2D eigenvalue weighted by atomic mass is 35.5. The van der Waals surface area contributed by atoms with E-state index in [2.05, 4.69) is 4.98 Å². The first kappa shape index (κ1) is 38.8. The average Bonchev–Trinajstić information content (AvgIpc) is 3.49. The molecule has 1 aromatic carbocycles. The van der Waals surface area contributed by atoms with Crippen LogP contribution < -0.4 is 5.56 Å². The number of benzene rings is 1. The van der Waals surface area contributed by atoms with Crippen LogP contribution in [0.25, 0.3) is 16.7 Å². The second-order valence-corrected chi connectivity index (χ2v) is 17.9. The molecule has 0 unspecified atom stereocenters. The second kappa shape index (κ2) is 16.0. The summed E-state index contributed by atoms with van der Waals surface area (Å²) in [7, 11) is 0. The van der Waals surface area contributed by atoms with Crippen LogP contribution in [0, 0.1) is 17.8 Å². The molecule has 2 aliphatic carbocycles. The topological polar surface area (TPSA) is 119 Å². The van der Waals surface area contributed by atoms with Gasteiger partial charge in [-0.05, 0) is 102 Å². The number of aromatic nitrogens is 3. The van der Waals surface area contributed by atoms with Crippen molar-refractivity contribution in [2.75, 3.05) is 26.2 Å². The standard InChI is InChI=1S/C42H58ClN5O6/c1-28-24-47(40(51)54-41(2,3)4)34(25-53-28)29-15-17-32(18-16-29)48-35(43)23-33-37(48)44-27-46(38(33)49)26-42(52)19-21-45(22-20-42)39(50)36(30-11-7-5-8-12-30)31-13-9-6-10-14-31/h15-18,23,27-28,30-31,34,36,52H,5-14,19-22,24-26H2,1-4H3/t28-,34-/m0/s1. The minimum absolute atomic E-state index is 0.0964. The molecular weight excluding hydrogens is 706 g/mol. The summed E-state index contributed by atoms with van der Waals surface area (Å²) in [5.41, 5.74) is -0.00106. The molecule has 2 amide bonds. The average molecular weight is 764 g/mol. The summed E-state index contributed by atoms with van der Waals surface area (Å²) in [6.45, 7) is 9.34. The van der Waals surface area contributed by atoms with Gasteiger partial charge < -0.3 is 19.5 Å². The third kappa shape index (κ3) is 8.38. The highest BCUT2D eigenvalue weighted by Crippen LogP contribution is 2.42. The van der Waals surface area contributed by atoms with Crippen molar-refractivity contribution in [2.24, 2.45) is 17.8 Å². The maximum Gasteiger partial charge on any atom is 0.410 e. The number of nitrogens with zero attached hydrogens (tertiary/aromatic N) is 5. The number of piperidine rings is 1. The van der Waals surface area contributed by atoms with E-state index in [9.17, 15) is 19.5 Å². The molecule has 2 saturated carbocycles. The van der Waals surface area contributed by atoms with Gasteiger partial charge in [-0.25, -0.2) is 9.78 Å². The number of halogens is 1. The summed E-state index contributed by atoms with van der Waals surface area (Å²) in [6.07, 6.45) is 13.9. The Morgan fingerprint density at radius 3 is 2.20 bits per heavy atom. The Morgan fingerprint density at radius 1 is 1.00 bits per heavy atom. The lowest BCUT2D eigenvalue weighted by molar-refractivity contribution is -0.145.